The highest BCUT2D eigenvalue weighted by Crippen LogP contribution is 2.27. The number of carbonyl (C=O) groups excluding carboxylic acids is 1. The lowest BCUT2D eigenvalue weighted by Crippen LogP contribution is -2.50. The van der Waals surface area contributed by atoms with Crippen LogP contribution in [0.4, 0.5) is 5.82 Å². The zero-order chi connectivity index (χ0) is 18.5. The number of rotatable bonds is 4. The van der Waals surface area contributed by atoms with E-state index in [1.807, 2.05) is 4.90 Å². The lowest BCUT2D eigenvalue weighted by molar-refractivity contribution is -0.133. The van der Waals surface area contributed by atoms with Gasteiger partial charge in [-0.3, -0.25) is 4.79 Å². The van der Waals surface area contributed by atoms with Crippen LogP contribution in [-0.4, -0.2) is 48.6 Å². The normalized spacial score (nSPS) is 14.0. The number of carbonyl (C=O) groups is 1. The SMILES string of the molecule is N#Cc1cccnc1N1CCN(C(=O)COc2ccc(Cl)cc2Cl)CC1. The van der Waals surface area contributed by atoms with E-state index < -0.39 is 0 Å². The number of piperazine rings is 1. The maximum absolute atomic E-state index is 12.4. The maximum atomic E-state index is 12.4. The van der Waals surface area contributed by atoms with Crippen molar-refractivity contribution in [3.8, 4) is 11.8 Å². The third-order valence-electron chi connectivity index (χ3n) is 4.08. The molecule has 0 atom stereocenters. The van der Waals surface area contributed by atoms with Gasteiger partial charge >= 0.3 is 0 Å². The molecule has 26 heavy (non-hydrogen) atoms. The molecule has 0 unspecified atom stereocenters. The van der Waals surface area contributed by atoms with Gasteiger partial charge in [0.1, 0.15) is 17.6 Å². The van der Waals surface area contributed by atoms with Crippen molar-refractivity contribution in [3.05, 3.63) is 52.1 Å². The molecule has 3 rings (SSSR count). The molecular formula is C18H16Cl2N4O2. The van der Waals surface area contributed by atoms with E-state index in [0.29, 0.717) is 53.4 Å². The number of halogens is 2. The van der Waals surface area contributed by atoms with Crippen LogP contribution in [0.5, 0.6) is 5.75 Å². The van der Waals surface area contributed by atoms with Gasteiger partial charge < -0.3 is 14.5 Å². The first-order chi connectivity index (χ1) is 12.6. The van der Waals surface area contributed by atoms with Gasteiger partial charge in [0.25, 0.3) is 5.91 Å². The first-order valence-electron chi connectivity index (χ1n) is 8.04. The third-order valence-corrected chi connectivity index (χ3v) is 4.61. The minimum absolute atomic E-state index is 0.0889. The smallest absolute Gasteiger partial charge is 0.260 e. The lowest BCUT2D eigenvalue weighted by Gasteiger charge is -2.35. The summed E-state index contributed by atoms with van der Waals surface area (Å²) in [5.41, 5.74) is 0.535. The fourth-order valence-corrected chi connectivity index (χ4v) is 3.19. The summed E-state index contributed by atoms with van der Waals surface area (Å²) < 4.78 is 5.50. The van der Waals surface area contributed by atoms with E-state index in [1.54, 1.807) is 41.4 Å². The molecule has 6 nitrogen and oxygen atoms in total. The highest BCUT2D eigenvalue weighted by molar-refractivity contribution is 6.35. The molecule has 134 valence electrons. The van der Waals surface area contributed by atoms with E-state index in [-0.39, 0.29) is 12.5 Å². The number of hydrogen-bond donors (Lipinski definition) is 0. The standard InChI is InChI=1S/C18H16Cl2N4O2/c19-14-3-4-16(15(20)10-14)26-12-17(25)23-6-8-24(9-7-23)18-13(11-21)2-1-5-22-18/h1-5,10H,6-9,12H2. The molecule has 1 aromatic carbocycles. The van der Waals surface area contributed by atoms with E-state index >= 15 is 0 Å². The van der Waals surface area contributed by atoms with E-state index in [4.69, 9.17) is 27.9 Å². The van der Waals surface area contributed by atoms with Gasteiger partial charge in [0.15, 0.2) is 6.61 Å². The zero-order valence-corrected chi connectivity index (χ0v) is 15.4. The summed E-state index contributed by atoms with van der Waals surface area (Å²) in [5, 5.41) is 10.1. The molecule has 2 aromatic rings. The molecule has 0 radical (unpaired) electrons. The molecular weight excluding hydrogens is 375 g/mol. The summed E-state index contributed by atoms with van der Waals surface area (Å²) >= 11 is 11.9. The van der Waals surface area contributed by atoms with Gasteiger partial charge in [-0.15, -0.1) is 0 Å². The summed E-state index contributed by atoms with van der Waals surface area (Å²) in [6.07, 6.45) is 1.66. The van der Waals surface area contributed by atoms with Gasteiger partial charge in [0.05, 0.1) is 10.6 Å². The van der Waals surface area contributed by atoms with Gasteiger partial charge in [0, 0.05) is 37.4 Å². The first-order valence-corrected chi connectivity index (χ1v) is 8.80. The lowest BCUT2D eigenvalue weighted by atomic mass is 10.2. The van der Waals surface area contributed by atoms with Crippen LogP contribution in [0.2, 0.25) is 10.0 Å². The van der Waals surface area contributed by atoms with E-state index in [1.165, 1.54) is 0 Å². The van der Waals surface area contributed by atoms with Crippen molar-refractivity contribution in [2.24, 2.45) is 0 Å². The van der Waals surface area contributed by atoms with E-state index in [2.05, 4.69) is 11.1 Å². The number of ether oxygens (including phenoxy) is 1. The van der Waals surface area contributed by atoms with Crippen LogP contribution in [0.15, 0.2) is 36.5 Å². The second-order valence-electron chi connectivity index (χ2n) is 5.72. The topological polar surface area (TPSA) is 69.5 Å². The Bertz CT molecular complexity index is 845. The van der Waals surface area contributed by atoms with E-state index in [0.717, 1.165) is 0 Å². The van der Waals surface area contributed by atoms with Crippen LogP contribution in [0.25, 0.3) is 0 Å². The number of pyridine rings is 1. The Morgan fingerprint density at radius 3 is 2.69 bits per heavy atom. The first kappa shape index (κ1) is 18.3. The molecule has 0 aliphatic carbocycles. The van der Waals surface area contributed by atoms with Gasteiger partial charge in [-0.25, -0.2) is 4.98 Å². The fourth-order valence-electron chi connectivity index (χ4n) is 2.73. The Morgan fingerprint density at radius 2 is 2.00 bits per heavy atom. The Balaban J connectivity index is 1.54. The number of nitrogens with zero attached hydrogens (tertiary/aromatic N) is 4. The Labute approximate surface area is 161 Å². The van der Waals surface area contributed by atoms with Crippen molar-refractivity contribution < 1.29 is 9.53 Å². The van der Waals surface area contributed by atoms with Crippen molar-refractivity contribution in [1.29, 1.82) is 5.26 Å². The third kappa shape index (κ3) is 4.18. The highest BCUT2D eigenvalue weighted by Gasteiger charge is 2.23. The number of amides is 1. The minimum Gasteiger partial charge on any atom is -0.482 e. The minimum atomic E-state index is -0.114. The van der Waals surface area contributed by atoms with Crippen LogP contribution in [0.1, 0.15) is 5.56 Å². The number of aromatic nitrogens is 1. The molecule has 1 fully saturated rings. The number of benzene rings is 1. The van der Waals surface area contributed by atoms with Crippen LogP contribution in [0, 0.1) is 11.3 Å². The monoisotopic (exact) mass is 390 g/mol. The number of hydrogen-bond acceptors (Lipinski definition) is 5. The van der Waals surface area contributed by atoms with Gasteiger partial charge in [-0.2, -0.15) is 5.26 Å². The fraction of sp³-hybridized carbons (Fsp3) is 0.278. The number of anilines is 1. The molecule has 0 N–H and O–H groups in total. The van der Waals surface area contributed by atoms with Crippen LogP contribution in [-0.2, 0) is 4.79 Å². The second-order valence-corrected chi connectivity index (χ2v) is 6.56. The molecule has 0 bridgehead atoms. The quantitative estimate of drug-likeness (QED) is 0.802. The average Bonchev–Trinajstić information content (AvgIpc) is 2.67. The van der Waals surface area contributed by atoms with Crippen molar-refractivity contribution in [1.82, 2.24) is 9.88 Å². The van der Waals surface area contributed by atoms with Crippen LogP contribution in [0.3, 0.4) is 0 Å². The van der Waals surface area contributed by atoms with Crippen molar-refractivity contribution in [2.45, 2.75) is 0 Å². The summed E-state index contributed by atoms with van der Waals surface area (Å²) in [4.78, 5) is 20.4. The predicted octanol–water partition coefficient (Wildman–Crippen LogP) is 2.99. The molecule has 0 spiro atoms. The van der Waals surface area contributed by atoms with E-state index in [9.17, 15) is 10.1 Å². The largest absolute Gasteiger partial charge is 0.482 e. The summed E-state index contributed by atoms with van der Waals surface area (Å²) in [7, 11) is 0. The Kier molecular flexibility index (Phi) is 5.82. The zero-order valence-electron chi connectivity index (χ0n) is 13.9. The number of nitriles is 1. The summed E-state index contributed by atoms with van der Waals surface area (Å²) in [6.45, 7) is 2.21. The molecule has 1 aliphatic heterocycles. The molecule has 8 heteroatoms. The van der Waals surface area contributed by atoms with Gasteiger partial charge in [0.2, 0.25) is 0 Å². The molecule has 1 aromatic heterocycles. The van der Waals surface area contributed by atoms with Gasteiger partial charge in [-0.05, 0) is 30.3 Å². The average molecular weight is 391 g/mol. The van der Waals surface area contributed by atoms with Crippen LogP contribution < -0.4 is 9.64 Å². The molecule has 0 saturated carbocycles. The maximum Gasteiger partial charge on any atom is 0.260 e. The van der Waals surface area contributed by atoms with Crippen molar-refractivity contribution in [3.63, 3.8) is 0 Å². The van der Waals surface area contributed by atoms with Crippen molar-refractivity contribution >= 4 is 34.9 Å². The Hall–Kier alpha value is -2.49. The molecule has 2 heterocycles. The predicted molar refractivity (Wildman–Crippen MR) is 99.7 cm³/mol. The molecule has 1 amide bonds. The summed E-state index contributed by atoms with van der Waals surface area (Å²) in [6, 6.07) is 10.5. The highest BCUT2D eigenvalue weighted by atomic mass is 35.5. The van der Waals surface area contributed by atoms with Gasteiger partial charge in [-0.1, -0.05) is 23.2 Å². The summed E-state index contributed by atoms with van der Waals surface area (Å²) in [5.74, 6) is 0.971. The van der Waals surface area contributed by atoms with Crippen LogP contribution >= 0.6 is 23.2 Å². The Morgan fingerprint density at radius 1 is 1.23 bits per heavy atom. The molecule has 1 aliphatic rings. The van der Waals surface area contributed by atoms with Crippen molar-refractivity contribution in [2.75, 3.05) is 37.7 Å². The second kappa shape index (κ2) is 8.26. The molecule has 1 saturated heterocycles.